The van der Waals surface area contributed by atoms with Gasteiger partial charge in [0.05, 0.1) is 12.2 Å². The molecule has 0 fully saturated rings. The zero-order valence-electron chi connectivity index (χ0n) is 10.7. The Bertz CT molecular complexity index is 459. The summed E-state index contributed by atoms with van der Waals surface area (Å²) in [7, 11) is 0. The summed E-state index contributed by atoms with van der Waals surface area (Å²) in [6, 6.07) is 4.55. The maximum atomic E-state index is 13.7. The summed E-state index contributed by atoms with van der Waals surface area (Å²) in [5.74, 6) is -1.46. The fourth-order valence-electron chi connectivity index (χ4n) is 1.25. The number of carboxylic acid groups (broad SMARTS) is 1. The number of carboxylic acids is 1. The molecule has 0 unspecified atom stereocenters. The minimum Gasteiger partial charge on any atom is -0.478 e. The quantitative estimate of drug-likeness (QED) is 0.837. The van der Waals surface area contributed by atoms with Gasteiger partial charge in [-0.3, -0.25) is 0 Å². The van der Waals surface area contributed by atoms with Gasteiger partial charge in [-0.1, -0.05) is 12.1 Å². The smallest absolute Gasteiger partial charge is 0.328 e. The average molecular weight is 252 g/mol. The lowest BCUT2D eigenvalue weighted by Gasteiger charge is -2.19. The highest BCUT2D eigenvalue weighted by atomic mass is 19.1. The van der Waals surface area contributed by atoms with E-state index in [1.807, 2.05) is 20.8 Å². The van der Waals surface area contributed by atoms with Gasteiger partial charge in [0.2, 0.25) is 0 Å². The van der Waals surface area contributed by atoms with Crippen LogP contribution >= 0.6 is 0 Å². The molecule has 0 aliphatic carbocycles. The van der Waals surface area contributed by atoms with Crippen LogP contribution in [-0.2, 0) is 16.1 Å². The molecule has 3 nitrogen and oxygen atoms in total. The average Bonchev–Trinajstić information content (AvgIpc) is 2.23. The lowest BCUT2D eigenvalue weighted by molar-refractivity contribution is -0.131. The van der Waals surface area contributed by atoms with Gasteiger partial charge in [0.1, 0.15) is 5.82 Å². The lowest BCUT2D eigenvalue weighted by atomic mass is 10.1. The third-order valence-corrected chi connectivity index (χ3v) is 2.16. The Balaban J connectivity index is 2.77. The van der Waals surface area contributed by atoms with Gasteiger partial charge in [-0.2, -0.15) is 0 Å². The molecule has 0 bridgehead atoms. The van der Waals surface area contributed by atoms with Crippen LogP contribution in [0.1, 0.15) is 31.9 Å². The predicted molar refractivity (Wildman–Crippen MR) is 67.6 cm³/mol. The first-order valence-electron chi connectivity index (χ1n) is 5.61. The van der Waals surface area contributed by atoms with E-state index in [1.165, 1.54) is 12.1 Å². The van der Waals surface area contributed by atoms with Crippen LogP contribution < -0.4 is 0 Å². The summed E-state index contributed by atoms with van der Waals surface area (Å²) >= 11 is 0. The Hall–Kier alpha value is -1.68. The number of benzene rings is 1. The molecule has 0 radical (unpaired) electrons. The van der Waals surface area contributed by atoms with Gasteiger partial charge in [0.15, 0.2) is 0 Å². The van der Waals surface area contributed by atoms with Crippen molar-refractivity contribution in [3.63, 3.8) is 0 Å². The Morgan fingerprint density at radius 2 is 2.11 bits per heavy atom. The third kappa shape index (κ3) is 5.10. The Kier molecular flexibility index (Phi) is 4.62. The molecule has 0 aliphatic rings. The van der Waals surface area contributed by atoms with Crippen molar-refractivity contribution < 1.29 is 19.0 Å². The fourth-order valence-corrected chi connectivity index (χ4v) is 1.25. The van der Waals surface area contributed by atoms with Crippen LogP contribution in [0.25, 0.3) is 6.08 Å². The highest BCUT2D eigenvalue weighted by molar-refractivity contribution is 5.85. The molecule has 0 saturated carbocycles. The van der Waals surface area contributed by atoms with Crippen LogP contribution in [0, 0.1) is 5.82 Å². The molecule has 98 valence electrons. The summed E-state index contributed by atoms with van der Waals surface area (Å²) in [5.41, 5.74) is 0.640. The van der Waals surface area contributed by atoms with E-state index in [0.717, 1.165) is 6.08 Å². The summed E-state index contributed by atoms with van der Waals surface area (Å²) in [6.45, 7) is 5.89. The van der Waals surface area contributed by atoms with Crippen LogP contribution in [-0.4, -0.2) is 16.7 Å². The predicted octanol–water partition coefficient (Wildman–Crippen LogP) is 3.24. The molecule has 0 spiro atoms. The van der Waals surface area contributed by atoms with E-state index in [0.29, 0.717) is 11.1 Å². The van der Waals surface area contributed by atoms with Crippen molar-refractivity contribution >= 4 is 12.0 Å². The molecule has 18 heavy (non-hydrogen) atoms. The van der Waals surface area contributed by atoms with Gasteiger partial charge in [0.25, 0.3) is 0 Å². The molecule has 1 aromatic carbocycles. The van der Waals surface area contributed by atoms with Gasteiger partial charge >= 0.3 is 5.97 Å². The van der Waals surface area contributed by atoms with Crippen LogP contribution in [0.5, 0.6) is 0 Å². The molecular formula is C14H17FO3. The molecule has 4 heteroatoms. The van der Waals surface area contributed by atoms with E-state index in [2.05, 4.69) is 0 Å². The SMILES string of the molecule is CC(C)(C)OCc1ccc(/C=C/C(=O)O)cc1F. The van der Waals surface area contributed by atoms with Crippen molar-refractivity contribution in [3.05, 3.63) is 41.2 Å². The number of carbonyl (C=O) groups is 1. The number of aliphatic carboxylic acids is 1. The zero-order chi connectivity index (χ0) is 13.8. The second-order valence-electron chi connectivity index (χ2n) is 4.92. The van der Waals surface area contributed by atoms with Gasteiger partial charge in [-0.15, -0.1) is 0 Å². The van der Waals surface area contributed by atoms with E-state index in [1.54, 1.807) is 12.1 Å². The molecule has 1 rings (SSSR count). The molecule has 0 heterocycles. The summed E-state index contributed by atoms with van der Waals surface area (Å²) in [6.07, 6.45) is 2.32. The van der Waals surface area contributed by atoms with Crippen molar-refractivity contribution in [1.82, 2.24) is 0 Å². The number of hydrogen-bond acceptors (Lipinski definition) is 2. The molecular weight excluding hydrogens is 235 g/mol. The normalized spacial score (nSPS) is 12.0. The second-order valence-corrected chi connectivity index (χ2v) is 4.92. The van der Waals surface area contributed by atoms with Crippen LogP contribution in [0.3, 0.4) is 0 Å². The molecule has 1 aromatic rings. The number of hydrogen-bond donors (Lipinski definition) is 1. The molecule has 0 atom stereocenters. The van der Waals surface area contributed by atoms with E-state index >= 15 is 0 Å². The fraction of sp³-hybridized carbons (Fsp3) is 0.357. The largest absolute Gasteiger partial charge is 0.478 e. The maximum absolute atomic E-state index is 13.7. The van der Waals surface area contributed by atoms with E-state index in [9.17, 15) is 9.18 Å². The van der Waals surface area contributed by atoms with Crippen molar-refractivity contribution in [2.24, 2.45) is 0 Å². The van der Waals surface area contributed by atoms with Crippen LogP contribution in [0.15, 0.2) is 24.3 Å². The highest BCUT2D eigenvalue weighted by Crippen LogP contribution is 2.16. The highest BCUT2D eigenvalue weighted by Gasteiger charge is 2.12. The van der Waals surface area contributed by atoms with Gasteiger partial charge in [-0.05, 0) is 38.5 Å². The minimum absolute atomic E-state index is 0.193. The Morgan fingerprint density at radius 1 is 1.44 bits per heavy atom. The first kappa shape index (κ1) is 14.4. The summed E-state index contributed by atoms with van der Waals surface area (Å²) in [4.78, 5) is 10.3. The number of halogens is 1. The van der Waals surface area contributed by atoms with Crippen LogP contribution in [0.4, 0.5) is 4.39 Å². The molecule has 0 amide bonds. The molecule has 0 saturated heterocycles. The number of ether oxygens (including phenoxy) is 1. The van der Waals surface area contributed by atoms with Crippen molar-refractivity contribution in [2.45, 2.75) is 33.0 Å². The van der Waals surface area contributed by atoms with Gasteiger partial charge in [0, 0.05) is 11.6 Å². The summed E-state index contributed by atoms with van der Waals surface area (Å²) in [5, 5.41) is 8.47. The first-order chi connectivity index (χ1) is 8.28. The topological polar surface area (TPSA) is 46.5 Å². The molecule has 1 N–H and O–H groups in total. The van der Waals surface area contributed by atoms with E-state index < -0.39 is 11.8 Å². The van der Waals surface area contributed by atoms with Crippen LogP contribution in [0.2, 0.25) is 0 Å². The van der Waals surface area contributed by atoms with E-state index in [-0.39, 0.29) is 12.2 Å². The standard InChI is InChI=1S/C14H17FO3/c1-14(2,3)18-9-11-6-4-10(8-12(11)15)5-7-13(16)17/h4-8H,9H2,1-3H3,(H,16,17)/b7-5+. The first-order valence-corrected chi connectivity index (χ1v) is 5.61. The zero-order valence-corrected chi connectivity index (χ0v) is 10.7. The van der Waals surface area contributed by atoms with Crippen molar-refractivity contribution in [2.75, 3.05) is 0 Å². The monoisotopic (exact) mass is 252 g/mol. The summed E-state index contributed by atoms with van der Waals surface area (Å²) < 4.78 is 19.2. The van der Waals surface area contributed by atoms with Crippen molar-refractivity contribution in [3.8, 4) is 0 Å². The lowest BCUT2D eigenvalue weighted by Crippen LogP contribution is -2.19. The minimum atomic E-state index is -1.06. The second kappa shape index (κ2) is 5.78. The third-order valence-electron chi connectivity index (χ3n) is 2.16. The van der Waals surface area contributed by atoms with E-state index in [4.69, 9.17) is 9.84 Å². The molecule has 0 aromatic heterocycles. The Labute approximate surface area is 106 Å². The van der Waals surface area contributed by atoms with Crippen molar-refractivity contribution in [1.29, 1.82) is 0 Å². The molecule has 0 aliphatic heterocycles. The van der Waals surface area contributed by atoms with Gasteiger partial charge < -0.3 is 9.84 Å². The number of rotatable bonds is 4. The van der Waals surface area contributed by atoms with Gasteiger partial charge in [-0.25, -0.2) is 9.18 Å². The maximum Gasteiger partial charge on any atom is 0.328 e. The Morgan fingerprint density at radius 3 is 2.61 bits per heavy atom.